The van der Waals surface area contributed by atoms with Crippen molar-refractivity contribution >= 4 is 17.5 Å². The van der Waals surface area contributed by atoms with Crippen LogP contribution in [0, 0.1) is 11.3 Å². The third-order valence-electron chi connectivity index (χ3n) is 4.62. The highest BCUT2D eigenvalue weighted by atomic mass is 16.7. The Morgan fingerprint density at radius 2 is 1.76 bits per heavy atom. The first kappa shape index (κ1) is 25.3. The zero-order valence-corrected chi connectivity index (χ0v) is 19.0. The molecule has 0 aromatic heterocycles. The summed E-state index contributed by atoms with van der Waals surface area (Å²) in [6.45, 7) is 3.93. The van der Waals surface area contributed by atoms with Crippen LogP contribution in [0.15, 0.2) is 83.7 Å². The summed E-state index contributed by atoms with van der Waals surface area (Å²) in [5.74, 6) is 0.337. The van der Waals surface area contributed by atoms with Gasteiger partial charge in [-0.25, -0.2) is 4.79 Å². The second-order valence-corrected chi connectivity index (χ2v) is 7.11. The van der Waals surface area contributed by atoms with Gasteiger partial charge in [0, 0.05) is 12.0 Å². The molecule has 0 heterocycles. The standard InChI is InChI=1S/C27H28N2O4/c1-3-5-14-23(4-2)32-24-18-16-21(17-19-24)26(30)25(15-10-7-11-20-28)29-33-27(31)22-12-8-6-9-13-22/h4-6,8-9,12-14,16-19H,3,7,10-11,15H2,1-2H3/b14-5-,23-4+,29-25+. The Balaban J connectivity index is 2.14. The van der Waals surface area contributed by atoms with E-state index in [0.717, 1.165) is 6.42 Å². The van der Waals surface area contributed by atoms with Gasteiger partial charge in [-0.2, -0.15) is 5.26 Å². The SMILES string of the molecule is C/C=C(\C=C/CC)Oc1ccc(C(=O)/C(CCCCC#N)=N/OC(=O)c2ccccc2)cc1. The van der Waals surface area contributed by atoms with Crippen molar-refractivity contribution in [3.63, 3.8) is 0 Å². The van der Waals surface area contributed by atoms with E-state index in [4.69, 9.17) is 14.8 Å². The van der Waals surface area contributed by atoms with Crippen LogP contribution < -0.4 is 4.74 Å². The van der Waals surface area contributed by atoms with Crippen molar-refractivity contribution in [2.45, 2.75) is 46.0 Å². The monoisotopic (exact) mass is 444 g/mol. The molecular weight excluding hydrogens is 416 g/mol. The summed E-state index contributed by atoms with van der Waals surface area (Å²) >= 11 is 0. The Hall–Kier alpha value is -3.98. The van der Waals surface area contributed by atoms with Crippen LogP contribution in [0.3, 0.4) is 0 Å². The zero-order valence-electron chi connectivity index (χ0n) is 19.0. The second-order valence-electron chi connectivity index (χ2n) is 7.11. The fourth-order valence-corrected chi connectivity index (χ4v) is 2.82. The number of ketones is 1. The van der Waals surface area contributed by atoms with Crippen molar-refractivity contribution in [2.24, 2.45) is 5.16 Å². The van der Waals surface area contributed by atoms with E-state index in [1.54, 1.807) is 54.6 Å². The summed E-state index contributed by atoms with van der Waals surface area (Å²) in [6.07, 6.45) is 8.54. The number of unbranched alkanes of at least 4 members (excludes halogenated alkanes) is 2. The van der Waals surface area contributed by atoms with Gasteiger partial charge in [0.1, 0.15) is 17.2 Å². The number of nitriles is 1. The van der Waals surface area contributed by atoms with Gasteiger partial charge in [0.15, 0.2) is 0 Å². The molecule has 0 radical (unpaired) electrons. The number of benzene rings is 2. The summed E-state index contributed by atoms with van der Waals surface area (Å²) in [6, 6.07) is 17.2. The number of hydrogen-bond donors (Lipinski definition) is 0. The van der Waals surface area contributed by atoms with Gasteiger partial charge in [-0.15, -0.1) is 0 Å². The molecule has 33 heavy (non-hydrogen) atoms. The fraction of sp³-hybridized carbons (Fsp3) is 0.259. The van der Waals surface area contributed by atoms with Crippen molar-refractivity contribution in [1.82, 2.24) is 0 Å². The zero-order chi connectivity index (χ0) is 23.9. The van der Waals surface area contributed by atoms with Crippen LogP contribution >= 0.6 is 0 Å². The number of oxime groups is 1. The van der Waals surface area contributed by atoms with Gasteiger partial charge < -0.3 is 9.57 Å². The Bertz CT molecular complexity index is 1050. The third kappa shape index (κ3) is 8.58. The Kier molecular flexibility index (Phi) is 10.8. The van der Waals surface area contributed by atoms with Gasteiger partial charge >= 0.3 is 5.97 Å². The predicted octanol–water partition coefficient (Wildman–Crippen LogP) is 6.42. The highest BCUT2D eigenvalue weighted by Crippen LogP contribution is 2.18. The van der Waals surface area contributed by atoms with Crippen molar-refractivity contribution in [3.05, 3.63) is 89.7 Å². The maximum atomic E-state index is 13.0. The molecule has 0 fully saturated rings. The molecule has 0 atom stereocenters. The molecule has 0 aliphatic carbocycles. The molecule has 0 spiro atoms. The van der Waals surface area contributed by atoms with Crippen LogP contribution in [0.5, 0.6) is 5.75 Å². The third-order valence-corrected chi connectivity index (χ3v) is 4.62. The van der Waals surface area contributed by atoms with Crippen LogP contribution in [0.2, 0.25) is 0 Å². The molecule has 0 amide bonds. The van der Waals surface area contributed by atoms with Crippen LogP contribution in [-0.4, -0.2) is 17.5 Å². The number of ether oxygens (including phenoxy) is 1. The lowest BCUT2D eigenvalue weighted by molar-refractivity contribution is 0.0514. The molecule has 0 saturated carbocycles. The van der Waals surface area contributed by atoms with Crippen LogP contribution in [0.4, 0.5) is 0 Å². The van der Waals surface area contributed by atoms with E-state index >= 15 is 0 Å². The van der Waals surface area contributed by atoms with Gasteiger partial charge in [-0.3, -0.25) is 4.79 Å². The molecule has 0 unspecified atom stereocenters. The normalized spacial score (nSPS) is 11.8. The maximum Gasteiger partial charge on any atom is 0.365 e. The van der Waals surface area contributed by atoms with E-state index < -0.39 is 5.97 Å². The Labute approximate surface area is 194 Å². The predicted molar refractivity (Wildman–Crippen MR) is 128 cm³/mol. The summed E-state index contributed by atoms with van der Waals surface area (Å²) in [5, 5.41) is 12.6. The summed E-state index contributed by atoms with van der Waals surface area (Å²) in [7, 11) is 0. The summed E-state index contributed by atoms with van der Waals surface area (Å²) < 4.78 is 5.81. The molecule has 0 aliphatic rings. The van der Waals surface area contributed by atoms with E-state index in [0.29, 0.717) is 48.3 Å². The van der Waals surface area contributed by atoms with Crippen LogP contribution in [0.25, 0.3) is 0 Å². The van der Waals surface area contributed by atoms with E-state index in [1.807, 2.05) is 32.1 Å². The Morgan fingerprint density at radius 3 is 2.39 bits per heavy atom. The van der Waals surface area contributed by atoms with Crippen molar-refractivity contribution in [3.8, 4) is 11.8 Å². The molecule has 0 N–H and O–H groups in total. The highest BCUT2D eigenvalue weighted by molar-refractivity contribution is 6.45. The van der Waals surface area contributed by atoms with Crippen molar-refractivity contribution < 1.29 is 19.2 Å². The number of allylic oxidation sites excluding steroid dienone is 3. The summed E-state index contributed by atoms with van der Waals surface area (Å²) in [4.78, 5) is 30.3. The number of nitrogens with zero attached hydrogens (tertiary/aromatic N) is 2. The van der Waals surface area contributed by atoms with Crippen molar-refractivity contribution in [1.29, 1.82) is 5.26 Å². The van der Waals surface area contributed by atoms with Gasteiger partial charge in [0.05, 0.1) is 11.6 Å². The average Bonchev–Trinajstić information content (AvgIpc) is 2.86. The second kappa shape index (κ2) is 14.2. The molecule has 0 saturated heterocycles. The quantitative estimate of drug-likeness (QED) is 0.0717. The Morgan fingerprint density at radius 1 is 1.03 bits per heavy atom. The maximum absolute atomic E-state index is 13.0. The lowest BCUT2D eigenvalue weighted by atomic mass is 10.0. The number of hydrogen-bond acceptors (Lipinski definition) is 6. The number of Topliss-reactive ketones (excluding diaryl/α,β-unsaturated/α-hetero) is 1. The molecule has 2 aromatic rings. The molecule has 2 aromatic carbocycles. The van der Waals surface area contributed by atoms with E-state index in [9.17, 15) is 9.59 Å². The van der Waals surface area contributed by atoms with Gasteiger partial charge in [-0.1, -0.05) is 36.4 Å². The molecule has 2 rings (SSSR count). The van der Waals surface area contributed by atoms with E-state index in [1.165, 1.54) is 0 Å². The minimum Gasteiger partial charge on any atom is -0.458 e. The number of carbonyl (C=O) groups excluding carboxylic acids is 2. The van der Waals surface area contributed by atoms with Gasteiger partial charge in [0.2, 0.25) is 5.78 Å². The average molecular weight is 445 g/mol. The molecule has 170 valence electrons. The lowest BCUT2D eigenvalue weighted by Crippen LogP contribution is -2.16. The minimum absolute atomic E-state index is 0.130. The number of carbonyl (C=O) groups is 2. The van der Waals surface area contributed by atoms with Gasteiger partial charge in [0.25, 0.3) is 0 Å². The van der Waals surface area contributed by atoms with E-state index in [2.05, 4.69) is 11.2 Å². The molecule has 0 bridgehead atoms. The van der Waals surface area contributed by atoms with Crippen LogP contribution in [0.1, 0.15) is 66.7 Å². The molecular formula is C27H28N2O4. The topological polar surface area (TPSA) is 88.8 Å². The first-order valence-electron chi connectivity index (χ1n) is 10.9. The number of rotatable bonds is 12. The van der Waals surface area contributed by atoms with Crippen molar-refractivity contribution in [2.75, 3.05) is 0 Å². The smallest absolute Gasteiger partial charge is 0.365 e. The molecule has 0 aliphatic heterocycles. The van der Waals surface area contributed by atoms with Gasteiger partial charge in [-0.05, 0) is 81.2 Å². The van der Waals surface area contributed by atoms with Crippen LogP contribution in [-0.2, 0) is 4.84 Å². The fourth-order valence-electron chi connectivity index (χ4n) is 2.82. The first-order valence-corrected chi connectivity index (χ1v) is 10.9. The molecule has 6 heteroatoms. The largest absolute Gasteiger partial charge is 0.458 e. The lowest BCUT2D eigenvalue weighted by Gasteiger charge is -2.08. The van der Waals surface area contributed by atoms with E-state index in [-0.39, 0.29) is 11.5 Å². The minimum atomic E-state index is -0.638. The highest BCUT2D eigenvalue weighted by Gasteiger charge is 2.17. The summed E-state index contributed by atoms with van der Waals surface area (Å²) in [5.41, 5.74) is 0.880. The molecule has 6 nitrogen and oxygen atoms in total. The first-order chi connectivity index (χ1) is 16.1.